The molecule has 120 valence electrons. The predicted molar refractivity (Wildman–Crippen MR) is 104 cm³/mol. The molecular formula is C14H17Cl5S2. The lowest BCUT2D eigenvalue weighted by atomic mass is 9.90. The van der Waals surface area contributed by atoms with Gasteiger partial charge in [0.15, 0.2) is 0 Å². The lowest BCUT2D eigenvalue weighted by molar-refractivity contribution is 0.422. The predicted octanol–water partition coefficient (Wildman–Crippen LogP) is 8.18. The van der Waals surface area contributed by atoms with Crippen molar-refractivity contribution in [2.45, 2.75) is 43.6 Å². The first-order valence-corrected chi connectivity index (χ1v) is 9.45. The summed E-state index contributed by atoms with van der Waals surface area (Å²) in [5.41, 5.74) is 0.528. The van der Waals surface area contributed by atoms with Gasteiger partial charge in [0.25, 0.3) is 0 Å². The lowest BCUT2D eigenvalue weighted by Crippen LogP contribution is -2.24. The van der Waals surface area contributed by atoms with E-state index in [2.05, 4.69) is 13.8 Å². The summed E-state index contributed by atoms with van der Waals surface area (Å²) >= 11 is 40.4. The molecule has 0 aliphatic heterocycles. The number of benzene rings is 1. The molecule has 0 amide bonds. The average Bonchev–Trinajstić information content (AvgIpc) is 2.43. The van der Waals surface area contributed by atoms with Crippen molar-refractivity contribution in [3.63, 3.8) is 0 Å². The quantitative estimate of drug-likeness (QED) is 0.195. The second-order valence-electron chi connectivity index (χ2n) is 4.92. The SMILES string of the molecule is CCCCC(CC)C(S)(S)c1c(Cl)c(Cl)c(Cl)c(Cl)c1Cl. The number of rotatable bonds is 6. The van der Waals surface area contributed by atoms with Crippen LogP contribution < -0.4 is 0 Å². The third kappa shape index (κ3) is 4.26. The van der Waals surface area contributed by atoms with Gasteiger partial charge < -0.3 is 0 Å². The smallest absolute Gasteiger partial charge is 0.0860 e. The minimum Gasteiger partial charge on any atom is -0.157 e. The monoisotopic (exact) mass is 424 g/mol. The van der Waals surface area contributed by atoms with Crippen LogP contribution in [0.4, 0.5) is 0 Å². The minimum absolute atomic E-state index is 0.149. The maximum atomic E-state index is 6.34. The number of unbranched alkanes of at least 4 members (excludes halogenated alkanes) is 1. The molecule has 1 aromatic rings. The summed E-state index contributed by atoms with van der Waals surface area (Å²) < 4.78 is -0.837. The fourth-order valence-corrected chi connectivity index (χ4v) is 5.04. The molecule has 0 heterocycles. The molecular weight excluding hydrogens is 410 g/mol. The van der Waals surface area contributed by atoms with Gasteiger partial charge in [0.1, 0.15) is 0 Å². The Morgan fingerprint density at radius 3 is 1.67 bits per heavy atom. The summed E-state index contributed by atoms with van der Waals surface area (Å²) in [4.78, 5) is 0. The highest BCUT2D eigenvalue weighted by Crippen LogP contribution is 2.54. The van der Waals surface area contributed by atoms with Crippen LogP contribution in [0.25, 0.3) is 0 Å². The van der Waals surface area contributed by atoms with E-state index in [0.717, 1.165) is 25.7 Å². The topological polar surface area (TPSA) is 0 Å². The maximum absolute atomic E-state index is 6.34. The largest absolute Gasteiger partial charge is 0.157 e. The molecule has 0 aliphatic carbocycles. The van der Waals surface area contributed by atoms with E-state index in [1.165, 1.54) is 0 Å². The highest BCUT2D eigenvalue weighted by Gasteiger charge is 2.38. The van der Waals surface area contributed by atoms with E-state index < -0.39 is 4.08 Å². The highest BCUT2D eigenvalue weighted by atomic mass is 35.5. The molecule has 0 nitrogen and oxygen atoms in total. The zero-order chi connectivity index (χ0) is 16.4. The summed E-state index contributed by atoms with van der Waals surface area (Å²) in [7, 11) is 0. The Bertz CT molecular complexity index is 488. The van der Waals surface area contributed by atoms with Gasteiger partial charge in [0.05, 0.1) is 29.2 Å². The van der Waals surface area contributed by atoms with Gasteiger partial charge in [-0.3, -0.25) is 0 Å². The first kappa shape index (κ1) is 20.4. The summed E-state index contributed by atoms with van der Waals surface area (Å²) in [5.74, 6) is 0.174. The van der Waals surface area contributed by atoms with Gasteiger partial charge in [0.2, 0.25) is 0 Å². The van der Waals surface area contributed by atoms with E-state index in [1.54, 1.807) is 0 Å². The molecule has 0 radical (unpaired) electrons. The van der Waals surface area contributed by atoms with Crippen LogP contribution in [0.1, 0.15) is 45.1 Å². The van der Waals surface area contributed by atoms with E-state index in [0.29, 0.717) is 5.56 Å². The zero-order valence-corrected chi connectivity index (χ0v) is 17.3. The van der Waals surface area contributed by atoms with E-state index in [9.17, 15) is 0 Å². The fraction of sp³-hybridized carbons (Fsp3) is 0.571. The zero-order valence-electron chi connectivity index (χ0n) is 11.7. The summed E-state index contributed by atoms with van der Waals surface area (Å²) in [6.45, 7) is 4.23. The number of halogens is 5. The highest BCUT2D eigenvalue weighted by molar-refractivity contribution is 7.99. The molecule has 1 aromatic carbocycles. The molecule has 1 atom stereocenters. The van der Waals surface area contributed by atoms with Crippen molar-refractivity contribution in [2.75, 3.05) is 0 Å². The molecule has 0 spiro atoms. The number of hydrogen-bond donors (Lipinski definition) is 2. The van der Waals surface area contributed by atoms with Crippen molar-refractivity contribution in [2.24, 2.45) is 5.92 Å². The Morgan fingerprint density at radius 1 is 0.857 bits per heavy atom. The average molecular weight is 427 g/mol. The maximum Gasteiger partial charge on any atom is 0.0860 e. The van der Waals surface area contributed by atoms with Crippen molar-refractivity contribution in [1.82, 2.24) is 0 Å². The van der Waals surface area contributed by atoms with Crippen molar-refractivity contribution in [3.8, 4) is 0 Å². The Morgan fingerprint density at radius 2 is 1.29 bits per heavy atom. The molecule has 0 bridgehead atoms. The van der Waals surface area contributed by atoms with Gasteiger partial charge in [-0.05, 0) is 12.3 Å². The third-order valence-electron chi connectivity index (χ3n) is 3.55. The van der Waals surface area contributed by atoms with Crippen LogP contribution in [0, 0.1) is 5.92 Å². The Balaban J connectivity index is 3.43. The normalized spacial score (nSPS) is 13.6. The van der Waals surface area contributed by atoms with Crippen molar-refractivity contribution in [3.05, 3.63) is 30.7 Å². The van der Waals surface area contributed by atoms with Crippen LogP contribution in [0.5, 0.6) is 0 Å². The van der Waals surface area contributed by atoms with Gasteiger partial charge in [-0.1, -0.05) is 91.1 Å². The second-order valence-corrected chi connectivity index (χ2v) is 8.57. The second kappa shape index (κ2) is 8.46. The van der Waals surface area contributed by atoms with E-state index in [-0.39, 0.29) is 31.0 Å². The molecule has 0 aromatic heterocycles. The van der Waals surface area contributed by atoms with Gasteiger partial charge >= 0.3 is 0 Å². The van der Waals surface area contributed by atoms with Crippen LogP contribution in [0.15, 0.2) is 0 Å². The Labute approximate surface area is 162 Å². The first-order chi connectivity index (χ1) is 9.69. The van der Waals surface area contributed by atoms with Gasteiger partial charge in [-0.2, -0.15) is 25.3 Å². The van der Waals surface area contributed by atoms with Gasteiger partial charge in [-0.15, -0.1) is 0 Å². The minimum atomic E-state index is -0.837. The third-order valence-corrected chi connectivity index (χ3v) is 7.00. The fourth-order valence-electron chi connectivity index (χ4n) is 2.27. The standard InChI is InChI=1S/C14H17Cl5S2/c1-3-5-6-7(4-2)14(20,21)8-9(15)11(17)13(19)12(18)10(8)16/h7,20-21H,3-6H2,1-2H3. The van der Waals surface area contributed by atoms with Gasteiger partial charge in [0, 0.05) is 5.56 Å². The lowest BCUT2D eigenvalue weighted by Gasteiger charge is -2.34. The van der Waals surface area contributed by atoms with Crippen molar-refractivity contribution < 1.29 is 0 Å². The van der Waals surface area contributed by atoms with Crippen LogP contribution in [-0.2, 0) is 4.08 Å². The Kier molecular flexibility index (Phi) is 8.23. The summed E-state index contributed by atoms with van der Waals surface area (Å²) in [6.07, 6.45) is 4.02. The van der Waals surface area contributed by atoms with Crippen LogP contribution in [0.3, 0.4) is 0 Å². The molecule has 0 fully saturated rings. The van der Waals surface area contributed by atoms with Crippen LogP contribution in [-0.4, -0.2) is 0 Å². The number of hydrogen-bond acceptors (Lipinski definition) is 2. The number of thiol groups is 2. The van der Waals surface area contributed by atoms with E-state index >= 15 is 0 Å². The summed E-state index contributed by atoms with van der Waals surface area (Å²) in [6, 6.07) is 0. The molecule has 1 unspecified atom stereocenters. The molecule has 0 aliphatic rings. The van der Waals surface area contributed by atoms with E-state index in [1.807, 2.05) is 0 Å². The van der Waals surface area contributed by atoms with Crippen molar-refractivity contribution >= 4 is 83.3 Å². The first-order valence-electron chi connectivity index (χ1n) is 6.66. The molecule has 0 N–H and O–H groups in total. The van der Waals surface area contributed by atoms with Gasteiger partial charge in [-0.25, -0.2) is 0 Å². The Hall–Kier alpha value is 1.37. The molecule has 0 saturated carbocycles. The van der Waals surface area contributed by atoms with Crippen LogP contribution in [0.2, 0.25) is 25.1 Å². The van der Waals surface area contributed by atoms with Crippen LogP contribution >= 0.6 is 83.3 Å². The molecule has 0 saturated heterocycles. The summed E-state index contributed by atoms with van der Waals surface area (Å²) in [5, 5.41) is 1.03. The van der Waals surface area contributed by atoms with Crippen molar-refractivity contribution in [1.29, 1.82) is 0 Å². The molecule has 1 rings (SSSR count). The molecule has 21 heavy (non-hydrogen) atoms. The molecule has 7 heteroatoms. The van der Waals surface area contributed by atoms with E-state index in [4.69, 9.17) is 83.3 Å².